The first kappa shape index (κ1) is 19.1. The third-order valence-corrected chi connectivity index (χ3v) is 5.43. The van der Waals surface area contributed by atoms with Crippen LogP contribution in [0, 0.1) is 20.8 Å². The summed E-state index contributed by atoms with van der Waals surface area (Å²) in [5.41, 5.74) is 6.17. The van der Waals surface area contributed by atoms with E-state index < -0.39 is 0 Å². The zero-order valence-electron chi connectivity index (χ0n) is 17.0. The van der Waals surface area contributed by atoms with Gasteiger partial charge in [0.25, 0.3) is 0 Å². The fourth-order valence-electron chi connectivity index (χ4n) is 3.97. The quantitative estimate of drug-likeness (QED) is 0.723. The van der Waals surface area contributed by atoms with E-state index in [0.717, 1.165) is 40.4 Å². The highest BCUT2D eigenvalue weighted by Crippen LogP contribution is 2.29. The van der Waals surface area contributed by atoms with E-state index in [1.165, 1.54) is 0 Å². The second-order valence-corrected chi connectivity index (χ2v) is 7.53. The highest BCUT2D eigenvalue weighted by molar-refractivity contribution is 6.02. The van der Waals surface area contributed by atoms with Gasteiger partial charge in [-0.25, -0.2) is 9.50 Å². The van der Waals surface area contributed by atoms with Gasteiger partial charge in [-0.05, 0) is 51.3 Å². The van der Waals surface area contributed by atoms with Crippen molar-refractivity contribution in [3.05, 3.63) is 53.0 Å². The van der Waals surface area contributed by atoms with Crippen LogP contribution < -0.4 is 10.2 Å². The Balaban J connectivity index is 1.49. The molecule has 3 aromatic rings. The number of fused-ring (bicyclic) bond motifs is 1. The van der Waals surface area contributed by atoms with Crippen LogP contribution in [-0.4, -0.2) is 33.0 Å². The number of hydrogen-bond acceptors (Lipinski definition) is 4. The van der Waals surface area contributed by atoms with E-state index in [0.29, 0.717) is 31.5 Å². The van der Waals surface area contributed by atoms with Crippen LogP contribution in [0.25, 0.3) is 5.65 Å². The Morgan fingerprint density at radius 1 is 1.21 bits per heavy atom. The van der Waals surface area contributed by atoms with Crippen molar-refractivity contribution < 1.29 is 9.59 Å². The molecule has 0 bridgehead atoms. The minimum atomic E-state index is -0.0837. The van der Waals surface area contributed by atoms with Crippen molar-refractivity contribution in [1.82, 2.24) is 14.6 Å². The Labute approximate surface area is 169 Å². The fraction of sp³-hybridized carbons (Fsp3) is 0.364. The second-order valence-electron chi connectivity index (χ2n) is 7.53. The molecule has 1 saturated heterocycles. The predicted molar refractivity (Wildman–Crippen MR) is 112 cm³/mol. The normalized spacial score (nSPS) is 14.0. The van der Waals surface area contributed by atoms with E-state index in [1.807, 2.05) is 55.6 Å². The first-order valence-electron chi connectivity index (χ1n) is 9.96. The Morgan fingerprint density at radius 2 is 2.00 bits per heavy atom. The molecule has 1 aliphatic rings. The van der Waals surface area contributed by atoms with Crippen LogP contribution in [0.3, 0.4) is 0 Å². The summed E-state index contributed by atoms with van der Waals surface area (Å²) < 4.78 is 1.84. The third kappa shape index (κ3) is 3.72. The van der Waals surface area contributed by atoms with E-state index in [1.54, 1.807) is 4.90 Å². The molecular weight excluding hydrogens is 366 g/mol. The Bertz CT molecular complexity index is 1100. The van der Waals surface area contributed by atoms with Gasteiger partial charge in [-0.1, -0.05) is 12.1 Å². The van der Waals surface area contributed by atoms with Gasteiger partial charge in [-0.3, -0.25) is 9.59 Å². The molecule has 7 heteroatoms. The van der Waals surface area contributed by atoms with Crippen LogP contribution in [0.15, 0.2) is 30.3 Å². The molecule has 3 heterocycles. The van der Waals surface area contributed by atoms with Crippen LogP contribution in [0.1, 0.15) is 41.9 Å². The molecule has 7 nitrogen and oxygen atoms in total. The first-order chi connectivity index (χ1) is 13.9. The van der Waals surface area contributed by atoms with Crippen LogP contribution in [0.2, 0.25) is 0 Å². The minimum Gasteiger partial charge on any atom is -0.324 e. The van der Waals surface area contributed by atoms with Crippen molar-refractivity contribution in [3.8, 4) is 0 Å². The fourth-order valence-corrected chi connectivity index (χ4v) is 3.97. The summed E-state index contributed by atoms with van der Waals surface area (Å²) in [4.78, 5) is 31.1. The molecule has 4 rings (SSSR count). The zero-order chi connectivity index (χ0) is 20.5. The monoisotopic (exact) mass is 391 g/mol. The molecule has 0 radical (unpaired) electrons. The largest absolute Gasteiger partial charge is 0.324 e. The molecular formula is C22H25N5O2. The number of nitrogens with one attached hydrogen (secondary N) is 1. The lowest BCUT2D eigenvalue weighted by molar-refractivity contribution is -0.117. The number of para-hydroxylation sites is 2. The van der Waals surface area contributed by atoms with Gasteiger partial charge in [0.15, 0.2) is 5.65 Å². The number of aryl methyl sites for hydroxylation is 3. The van der Waals surface area contributed by atoms with Gasteiger partial charge in [0.05, 0.1) is 17.1 Å². The average molecular weight is 391 g/mol. The number of carbonyl (C=O) groups is 2. The maximum Gasteiger partial charge on any atom is 0.227 e. The zero-order valence-corrected chi connectivity index (χ0v) is 17.0. The number of benzene rings is 1. The van der Waals surface area contributed by atoms with Gasteiger partial charge in [-0.2, -0.15) is 5.10 Å². The van der Waals surface area contributed by atoms with Crippen molar-refractivity contribution in [3.63, 3.8) is 0 Å². The Hall–Kier alpha value is -3.22. The van der Waals surface area contributed by atoms with Crippen molar-refractivity contribution in [2.45, 2.75) is 46.5 Å². The lowest BCUT2D eigenvalue weighted by atomic mass is 10.1. The topological polar surface area (TPSA) is 79.6 Å². The van der Waals surface area contributed by atoms with E-state index in [9.17, 15) is 9.59 Å². The molecule has 0 atom stereocenters. The van der Waals surface area contributed by atoms with Crippen LogP contribution >= 0.6 is 0 Å². The molecule has 0 spiro atoms. The molecule has 1 aromatic carbocycles. The van der Waals surface area contributed by atoms with Crippen LogP contribution in [0.4, 0.5) is 11.4 Å². The number of aromatic nitrogens is 3. The third-order valence-electron chi connectivity index (χ3n) is 5.43. The molecule has 1 fully saturated rings. The van der Waals surface area contributed by atoms with Gasteiger partial charge >= 0.3 is 0 Å². The van der Waals surface area contributed by atoms with Crippen molar-refractivity contribution in [2.75, 3.05) is 16.8 Å². The second kappa shape index (κ2) is 7.66. The van der Waals surface area contributed by atoms with E-state index in [2.05, 4.69) is 15.4 Å². The summed E-state index contributed by atoms with van der Waals surface area (Å²) >= 11 is 0. The maximum absolute atomic E-state index is 12.7. The van der Waals surface area contributed by atoms with Crippen molar-refractivity contribution in [2.24, 2.45) is 0 Å². The average Bonchev–Trinajstić information content (AvgIpc) is 3.27. The summed E-state index contributed by atoms with van der Waals surface area (Å²) in [6, 6.07) is 9.43. The summed E-state index contributed by atoms with van der Waals surface area (Å²) in [6.45, 7) is 6.62. The minimum absolute atomic E-state index is 0.0837. The summed E-state index contributed by atoms with van der Waals surface area (Å²) in [6.07, 6.45) is 2.32. The van der Waals surface area contributed by atoms with Crippen LogP contribution in [0.5, 0.6) is 0 Å². The van der Waals surface area contributed by atoms with E-state index in [4.69, 9.17) is 0 Å². The van der Waals surface area contributed by atoms with E-state index in [-0.39, 0.29) is 11.8 Å². The molecule has 0 unspecified atom stereocenters. The van der Waals surface area contributed by atoms with Crippen LogP contribution in [-0.2, 0) is 16.0 Å². The lowest BCUT2D eigenvalue weighted by Crippen LogP contribution is -2.25. The van der Waals surface area contributed by atoms with Gasteiger partial charge in [0, 0.05) is 36.8 Å². The summed E-state index contributed by atoms with van der Waals surface area (Å²) in [5.74, 6) is 0.0199. The summed E-state index contributed by atoms with van der Waals surface area (Å²) in [7, 11) is 0. The predicted octanol–water partition coefficient (Wildman–Crippen LogP) is 3.35. The standard InChI is InChI=1S/C22H25N5O2/c1-14-13-20-23-15(2)17(16(3)27(20)25-14)10-11-21(28)24-18-7-4-5-8-19(18)26-12-6-9-22(26)29/h4-5,7-8,13H,6,9-12H2,1-3H3,(H,24,28). The number of anilines is 2. The molecule has 2 amide bonds. The van der Waals surface area contributed by atoms with Crippen molar-refractivity contribution >= 4 is 28.8 Å². The van der Waals surface area contributed by atoms with E-state index >= 15 is 0 Å². The molecule has 150 valence electrons. The molecule has 0 aliphatic carbocycles. The Morgan fingerprint density at radius 3 is 2.76 bits per heavy atom. The Kier molecular flexibility index (Phi) is 5.05. The number of nitrogens with zero attached hydrogens (tertiary/aromatic N) is 4. The molecule has 0 saturated carbocycles. The lowest BCUT2D eigenvalue weighted by Gasteiger charge is -2.20. The molecule has 29 heavy (non-hydrogen) atoms. The van der Waals surface area contributed by atoms with Gasteiger partial charge < -0.3 is 10.2 Å². The van der Waals surface area contributed by atoms with Gasteiger partial charge in [0.1, 0.15) is 0 Å². The summed E-state index contributed by atoms with van der Waals surface area (Å²) in [5, 5.41) is 7.47. The molecule has 1 N–H and O–H groups in total. The van der Waals surface area contributed by atoms with Gasteiger partial charge in [0.2, 0.25) is 11.8 Å². The highest BCUT2D eigenvalue weighted by atomic mass is 16.2. The number of rotatable bonds is 5. The number of carbonyl (C=O) groups excluding carboxylic acids is 2. The maximum atomic E-state index is 12.7. The van der Waals surface area contributed by atoms with Gasteiger partial charge in [-0.15, -0.1) is 0 Å². The number of hydrogen-bond donors (Lipinski definition) is 1. The first-order valence-corrected chi connectivity index (χ1v) is 9.96. The molecule has 1 aliphatic heterocycles. The smallest absolute Gasteiger partial charge is 0.227 e. The highest BCUT2D eigenvalue weighted by Gasteiger charge is 2.24. The van der Waals surface area contributed by atoms with Crippen molar-refractivity contribution in [1.29, 1.82) is 0 Å². The number of amides is 2. The SMILES string of the molecule is Cc1cc2nc(C)c(CCC(=O)Nc3ccccc3N3CCCC3=O)c(C)n2n1. The molecule has 2 aromatic heterocycles.